The maximum atomic E-state index is 7.00. The second-order valence-electron chi connectivity index (χ2n) is 1.64. The number of nitrogens with one attached hydrogen (secondary N) is 2. The first-order valence-electron chi connectivity index (χ1n) is 3.07. The molecule has 0 aliphatic carbocycles. The zero-order chi connectivity index (χ0) is 7.28. The van der Waals surface area contributed by atoms with E-state index in [0.29, 0.717) is 0 Å². The van der Waals surface area contributed by atoms with Crippen molar-refractivity contribution in [3.63, 3.8) is 0 Å². The lowest BCUT2D eigenvalue weighted by molar-refractivity contribution is 0.325. The number of hydrogen-bond donors (Lipinski definition) is 3. The van der Waals surface area contributed by atoms with Gasteiger partial charge in [0.25, 0.3) is 0 Å². The second kappa shape index (κ2) is 4.14. The van der Waals surface area contributed by atoms with Crippen LogP contribution in [0.2, 0.25) is 0 Å². The van der Waals surface area contributed by atoms with Crippen LogP contribution < -0.4 is 11.2 Å². The third-order valence-corrected chi connectivity index (χ3v) is 0.956. The van der Waals surface area contributed by atoms with Crippen LogP contribution in [-0.2, 0) is 0 Å². The molecule has 4 nitrogen and oxygen atoms in total. The first-order valence-corrected chi connectivity index (χ1v) is 3.07. The third-order valence-electron chi connectivity index (χ3n) is 0.956. The molecule has 0 spiro atoms. The van der Waals surface area contributed by atoms with Gasteiger partial charge >= 0.3 is 0 Å². The van der Waals surface area contributed by atoms with Crippen molar-refractivity contribution in [1.29, 1.82) is 5.41 Å². The zero-order valence-corrected chi connectivity index (χ0v) is 5.94. The van der Waals surface area contributed by atoms with E-state index in [-0.39, 0.29) is 5.96 Å². The van der Waals surface area contributed by atoms with Gasteiger partial charge in [0.2, 0.25) is 5.96 Å². The molecule has 0 aliphatic heterocycles. The molecule has 0 amide bonds. The highest BCUT2D eigenvalue weighted by Crippen LogP contribution is 1.75. The molecule has 0 saturated carbocycles. The summed E-state index contributed by atoms with van der Waals surface area (Å²) in [7, 11) is 0. The minimum absolute atomic E-state index is 0.0688. The van der Waals surface area contributed by atoms with Crippen molar-refractivity contribution in [2.24, 2.45) is 5.73 Å². The lowest BCUT2D eigenvalue weighted by atomic mass is 10.7. The van der Waals surface area contributed by atoms with Crippen molar-refractivity contribution in [2.45, 2.75) is 13.8 Å². The second-order valence-corrected chi connectivity index (χ2v) is 1.64. The van der Waals surface area contributed by atoms with Crippen molar-refractivity contribution < 1.29 is 0 Å². The molecule has 0 aliphatic rings. The van der Waals surface area contributed by atoms with E-state index in [1.807, 2.05) is 13.8 Å². The van der Waals surface area contributed by atoms with Crippen molar-refractivity contribution in [3.8, 4) is 0 Å². The van der Waals surface area contributed by atoms with Gasteiger partial charge in [-0.05, 0) is 6.92 Å². The largest absolute Gasteiger partial charge is 0.369 e. The molecular weight excluding hydrogens is 116 g/mol. The van der Waals surface area contributed by atoms with E-state index >= 15 is 0 Å². The standard InChI is InChI=1S/C5H14N4/c1-3-8-9(4-2)5(6)7/h8H,3-4H2,1-2H3,(H3,6,7). The molecule has 0 unspecified atom stereocenters. The maximum absolute atomic E-state index is 7.00. The van der Waals surface area contributed by atoms with Crippen molar-refractivity contribution in [1.82, 2.24) is 10.4 Å². The van der Waals surface area contributed by atoms with Crippen LogP contribution in [0.1, 0.15) is 13.8 Å². The number of nitrogens with zero attached hydrogens (tertiary/aromatic N) is 1. The fraction of sp³-hybridized carbons (Fsp3) is 0.800. The molecule has 0 radical (unpaired) electrons. The van der Waals surface area contributed by atoms with Crippen molar-refractivity contribution in [3.05, 3.63) is 0 Å². The van der Waals surface area contributed by atoms with E-state index in [1.54, 1.807) is 5.01 Å². The summed E-state index contributed by atoms with van der Waals surface area (Å²) in [5, 5.41) is 8.58. The molecule has 4 N–H and O–H groups in total. The Hall–Kier alpha value is -0.770. The summed E-state index contributed by atoms with van der Waals surface area (Å²) >= 11 is 0. The van der Waals surface area contributed by atoms with E-state index in [2.05, 4.69) is 5.43 Å². The Labute approximate surface area is 55.5 Å². The molecule has 0 aromatic carbocycles. The quantitative estimate of drug-likeness (QED) is 0.280. The van der Waals surface area contributed by atoms with Crippen LogP contribution in [0.5, 0.6) is 0 Å². The van der Waals surface area contributed by atoms with Crippen LogP contribution in [-0.4, -0.2) is 24.1 Å². The summed E-state index contributed by atoms with van der Waals surface area (Å²) in [6, 6.07) is 0. The Kier molecular flexibility index (Phi) is 3.79. The van der Waals surface area contributed by atoms with E-state index < -0.39 is 0 Å². The van der Waals surface area contributed by atoms with Crippen molar-refractivity contribution >= 4 is 5.96 Å². The van der Waals surface area contributed by atoms with Gasteiger partial charge in [0, 0.05) is 13.1 Å². The Balaban J connectivity index is 3.54. The molecule has 0 atom stereocenters. The van der Waals surface area contributed by atoms with Crippen LogP contribution in [0.4, 0.5) is 0 Å². The number of guanidine groups is 1. The van der Waals surface area contributed by atoms with Gasteiger partial charge in [-0.25, -0.2) is 5.43 Å². The summed E-state index contributed by atoms with van der Waals surface area (Å²) < 4.78 is 0. The van der Waals surface area contributed by atoms with E-state index in [1.165, 1.54) is 0 Å². The molecule has 9 heavy (non-hydrogen) atoms. The van der Waals surface area contributed by atoms with Crippen LogP contribution >= 0.6 is 0 Å². The highest BCUT2D eigenvalue weighted by atomic mass is 15.5. The lowest BCUT2D eigenvalue weighted by Crippen LogP contribution is -2.46. The maximum Gasteiger partial charge on any atom is 0.203 e. The average molecular weight is 130 g/mol. The number of rotatable bonds is 3. The summed E-state index contributed by atoms with van der Waals surface area (Å²) in [5.74, 6) is 0.0688. The minimum Gasteiger partial charge on any atom is -0.369 e. The average Bonchev–Trinajstić information content (AvgIpc) is 1.82. The summed E-state index contributed by atoms with van der Waals surface area (Å²) in [4.78, 5) is 0. The predicted octanol–water partition coefficient (Wildman–Crippen LogP) is -0.274. The van der Waals surface area contributed by atoms with Gasteiger partial charge in [-0.1, -0.05) is 6.92 Å². The van der Waals surface area contributed by atoms with Gasteiger partial charge in [-0.3, -0.25) is 10.4 Å². The molecule has 0 rings (SSSR count). The van der Waals surface area contributed by atoms with E-state index in [0.717, 1.165) is 13.1 Å². The number of nitrogens with two attached hydrogens (primary N) is 1. The fourth-order valence-electron chi connectivity index (χ4n) is 0.558. The van der Waals surface area contributed by atoms with Gasteiger partial charge in [0.15, 0.2) is 0 Å². The van der Waals surface area contributed by atoms with Crippen LogP contribution in [0, 0.1) is 5.41 Å². The molecule has 4 heteroatoms. The first kappa shape index (κ1) is 8.23. The predicted molar refractivity (Wildman–Crippen MR) is 38.0 cm³/mol. The summed E-state index contributed by atoms with van der Waals surface area (Å²) in [6.07, 6.45) is 0. The molecule has 0 heterocycles. The smallest absolute Gasteiger partial charge is 0.203 e. The monoisotopic (exact) mass is 130 g/mol. The molecular formula is C5H14N4. The SMILES string of the molecule is CCNN(CC)C(=N)N. The molecule has 0 aromatic heterocycles. The minimum atomic E-state index is 0.0688. The van der Waals surface area contributed by atoms with Crippen molar-refractivity contribution in [2.75, 3.05) is 13.1 Å². The van der Waals surface area contributed by atoms with Crippen LogP contribution in [0.3, 0.4) is 0 Å². The van der Waals surface area contributed by atoms with E-state index in [9.17, 15) is 0 Å². The summed E-state index contributed by atoms with van der Waals surface area (Å²) in [6.45, 7) is 5.42. The molecule has 0 bridgehead atoms. The topological polar surface area (TPSA) is 65.1 Å². The van der Waals surface area contributed by atoms with Gasteiger partial charge in [-0.2, -0.15) is 0 Å². The van der Waals surface area contributed by atoms with Gasteiger partial charge in [0.05, 0.1) is 0 Å². The molecule has 0 saturated heterocycles. The number of hydrazine groups is 1. The Morgan fingerprint density at radius 3 is 2.33 bits per heavy atom. The third kappa shape index (κ3) is 2.92. The van der Waals surface area contributed by atoms with Gasteiger partial charge < -0.3 is 5.73 Å². The Morgan fingerprint density at radius 1 is 1.67 bits per heavy atom. The van der Waals surface area contributed by atoms with Crippen LogP contribution in [0.15, 0.2) is 0 Å². The Morgan fingerprint density at radius 2 is 2.22 bits per heavy atom. The van der Waals surface area contributed by atoms with E-state index in [4.69, 9.17) is 11.1 Å². The number of hydrogen-bond acceptors (Lipinski definition) is 2. The molecule has 0 aromatic rings. The van der Waals surface area contributed by atoms with Crippen LogP contribution in [0.25, 0.3) is 0 Å². The molecule has 0 fully saturated rings. The van der Waals surface area contributed by atoms with Gasteiger partial charge in [0.1, 0.15) is 0 Å². The first-order chi connectivity index (χ1) is 4.22. The highest BCUT2D eigenvalue weighted by Gasteiger charge is 1.97. The van der Waals surface area contributed by atoms with Gasteiger partial charge in [-0.15, -0.1) is 0 Å². The highest BCUT2D eigenvalue weighted by molar-refractivity contribution is 5.73. The lowest BCUT2D eigenvalue weighted by Gasteiger charge is -2.19. The zero-order valence-electron chi connectivity index (χ0n) is 5.94. The normalized spacial score (nSPS) is 9.11. The Bertz CT molecular complexity index is 91.0. The summed E-state index contributed by atoms with van der Waals surface area (Å²) in [5.41, 5.74) is 8.10. The fourth-order valence-corrected chi connectivity index (χ4v) is 0.558. The molecule has 54 valence electrons.